The van der Waals surface area contributed by atoms with Gasteiger partial charge in [-0.25, -0.2) is 0 Å². The summed E-state index contributed by atoms with van der Waals surface area (Å²) in [4.78, 5) is 2.23. The first-order valence-electron chi connectivity index (χ1n) is 12.4. The van der Waals surface area contributed by atoms with Crippen LogP contribution >= 0.6 is 49.6 Å². The molecule has 2 aromatic rings. The molecule has 0 saturated carbocycles. The molecule has 0 amide bonds. The molecular weight excluding hydrogens is 536 g/mol. The second kappa shape index (κ2) is 23.4. The van der Waals surface area contributed by atoms with E-state index in [1.54, 1.807) is 0 Å². The minimum Gasteiger partial charge on any atom is -0.493 e. The van der Waals surface area contributed by atoms with E-state index in [0.29, 0.717) is 13.1 Å². The molecule has 0 spiro atoms. The second-order valence-electron chi connectivity index (χ2n) is 9.16. The van der Waals surface area contributed by atoms with Crippen LogP contribution in [0.5, 0.6) is 5.75 Å². The van der Waals surface area contributed by atoms with Gasteiger partial charge in [-0.2, -0.15) is 0 Å². The molecule has 210 valence electrons. The molecule has 8 heteroatoms. The van der Waals surface area contributed by atoms with Gasteiger partial charge in [0.15, 0.2) is 0 Å². The molecule has 0 aliphatic carbocycles. The van der Waals surface area contributed by atoms with Crippen LogP contribution in [0.2, 0.25) is 0 Å². The van der Waals surface area contributed by atoms with E-state index in [9.17, 15) is 0 Å². The Morgan fingerprint density at radius 3 is 1.92 bits per heavy atom. The number of hydrogen-bond acceptors (Lipinski definition) is 4. The predicted octanol–water partition coefficient (Wildman–Crippen LogP) is 7.06. The van der Waals surface area contributed by atoms with E-state index < -0.39 is 0 Å². The van der Waals surface area contributed by atoms with E-state index >= 15 is 0 Å². The molecule has 0 aliphatic heterocycles. The lowest BCUT2D eigenvalue weighted by Gasteiger charge is -2.21. The van der Waals surface area contributed by atoms with Crippen LogP contribution < -0.4 is 16.2 Å². The van der Waals surface area contributed by atoms with Gasteiger partial charge in [0, 0.05) is 24.2 Å². The Bertz CT molecular complexity index is 792. The van der Waals surface area contributed by atoms with Crippen molar-refractivity contribution in [3.05, 3.63) is 64.2 Å². The maximum Gasteiger partial charge on any atom is 0.128 e. The lowest BCUT2D eigenvalue weighted by atomic mass is 9.93. The van der Waals surface area contributed by atoms with Crippen LogP contribution in [0.1, 0.15) is 72.8 Å². The quantitative estimate of drug-likeness (QED) is 0.207. The van der Waals surface area contributed by atoms with Crippen LogP contribution in [0.3, 0.4) is 0 Å². The highest BCUT2D eigenvalue weighted by atomic mass is 35.5. The molecule has 2 rings (SSSR count). The molecule has 4 nitrogen and oxygen atoms in total. The highest BCUT2D eigenvalue weighted by Crippen LogP contribution is 2.31. The van der Waals surface area contributed by atoms with Gasteiger partial charge in [-0.1, -0.05) is 62.1 Å². The van der Waals surface area contributed by atoms with Gasteiger partial charge >= 0.3 is 0 Å². The highest BCUT2D eigenvalue weighted by Gasteiger charge is 2.16. The van der Waals surface area contributed by atoms with Gasteiger partial charge in [0.2, 0.25) is 0 Å². The van der Waals surface area contributed by atoms with Crippen molar-refractivity contribution >= 4 is 49.6 Å². The van der Waals surface area contributed by atoms with Gasteiger partial charge in [0.25, 0.3) is 0 Å². The number of rotatable bonds is 16. The van der Waals surface area contributed by atoms with E-state index in [-0.39, 0.29) is 49.6 Å². The Hall–Kier alpha value is -0.720. The van der Waals surface area contributed by atoms with Crippen LogP contribution in [-0.2, 0) is 25.9 Å². The first kappa shape index (κ1) is 39.8. The number of nitrogens with zero attached hydrogens (tertiary/aromatic N) is 1. The number of unbranched alkanes of at least 4 members (excludes halogenated alkanes) is 5. The summed E-state index contributed by atoms with van der Waals surface area (Å²) < 4.78 is 6.29. The summed E-state index contributed by atoms with van der Waals surface area (Å²) in [5.74, 6) is 0.948. The highest BCUT2D eigenvalue weighted by molar-refractivity contribution is 5.86. The van der Waals surface area contributed by atoms with Crippen molar-refractivity contribution in [3.8, 4) is 5.75 Å². The summed E-state index contributed by atoms with van der Waals surface area (Å²) in [6.07, 6.45) is 10.8. The Kier molecular flexibility index (Phi) is 25.9. The van der Waals surface area contributed by atoms with Crippen molar-refractivity contribution in [3.63, 3.8) is 0 Å². The van der Waals surface area contributed by atoms with Crippen molar-refractivity contribution in [1.82, 2.24) is 4.90 Å². The molecule has 0 aliphatic rings. The third kappa shape index (κ3) is 14.3. The number of benzene rings is 2. The average Bonchev–Trinajstić information content (AvgIpc) is 2.79. The zero-order valence-corrected chi connectivity index (χ0v) is 25.6. The Morgan fingerprint density at radius 2 is 1.33 bits per heavy atom. The molecule has 0 bridgehead atoms. The van der Waals surface area contributed by atoms with Gasteiger partial charge in [0.05, 0.1) is 6.61 Å². The maximum absolute atomic E-state index is 6.29. The number of nitrogens with two attached hydrogens (primary N) is 2. The van der Waals surface area contributed by atoms with Crippen molar-refractivity contribution in [2.24, 2.45) is 11.5 Å². The zero-order chi connectivity index (χ0) is 23.2. The molecule has 4 N–H and O–H groups in total. The predicted molar refractivity (Wildman–Crippen MR) is 166 cm³/mol. The molecule has 0 fully saturated rings. The number of aryl methyl sites for hydroxylation is 2. The number of hydrogen-bond donors (Lipinski definition) is 2. The molecule has 2 aromatic carbocycles. The Balaban J connectivity index is -0.00000272. The van der Waals surface area contributed by atoms with E-state index in [4.69, 9.17) is 16.2 Å². The van der Waals surface area contributed by atoms with Crippen molar-refractivity contribution < 1.29 is 4.74 Å². The van der Waals surface area contributed by atoms with Crippen LogP contribution in [-0.4, -0.2) is 32.1 Å². The maximum atomic E-state index is 6.29. The van der Waals surface area contributed by atoms with Crippen molar-refractivity contribution in [1.29, 1.82) is 0 Å². The minimum atomic E-state index is 0. The van der Waals surface area contributed by atoms with Crippen molar-refractivity contribution in [2.75, 3.05) is 27.2 Å². The smallest absolute Gasteiger partial charge is 0.128 e. The lowest BCUT2D eigenvalue weighted by molar-refractivity contribution is 0.298. The summed E-state index contributed by atoms with van der Waals surface area (Å²) in [5.41, 5.74) is 18.6. The summed E-state index contributed by atoms with van der Waals surface area (Å²) >= 11 is 0. The second-order valence-corrected chi connectivity index (χ2v) is 9.16. The minimum absolute atomic E-state index is 0. The topological polar surface area (TPSA) is 64.5 Å². The summed E-state index contributed by atoms with van der Waals surface area (Å²) in [7, 11) is 4.23. The fraction of sp³-hybridized carbons (Fsp3) is 0.571. The Labute approximate surface area is 244 Å². The molecule has 0 aromatic heterocycles. The largest absolute Gasteiger partial charge is 0.493 e. The number of ether oxygens (including phenoxy) is 1. The SMILES string of the molecule is Cc1cc(CN)c(OCCCCCCCCc2ccccc2)c(CN)c1CCCN(C)C.Cl.Cl.Cl.Cl. The third-order valence-electron chi connectivity index (χ3n) is 6.20. The lowest BCUT2D eigenvalue weighted by Crippen LogP contribution is -2.16. The monoisotopic (exact) mass is 583 g/mol. The standard InChI is InChI=1S/C28H45N3O.4ClH/c1-23-20-25(21-29)28(27(22-30)26(23)17-13-18-31(2)3)32-19-12-7-5-4-6-9-14-24-15-10-8-11-16-24;;;;/h8,10-11,15-16,20H,4-7,9,12-14,17-19,21-22,29-30H2,1-3H3;4*1H. The molecule has 0 saturated heterocycles. The first-order chi connectivity index (χ1) is 15.6. The molecule has 0 heterocycles. The van der Waals surface area contributed by atoms with Crippen LogP contribution in [0, 0.1) is 6.92 Å². The van der Waals surface area contributed by atoms with Gasteiger partial charge in [0.1, 0.15) is 5.75 Å². The normalized spacial score (nSPS) is 10.1. The average molecular weight is 586 g/mol. The molecule has 0 radical (unpaired) electrons. The van der Waals surface area contributed by atoms with E-state index in [0.717, 1.165) is 49.3 Å². The molecule has 0 atom stereocenters. The fourth-order valence-corrected chi connectivity index (χ4v) is 4.41. The molecular formula is C28H49Cl4N3O. The van der Waals surface area contributed by atoms with E-state index in [2.05, 4.69) is 62.3 Å². The van der Waals surface area contributed by atoms with Crippen LogP contribution in [0.15, 0.2) is 36.4 Å². The van der Waals surface area contributed by atoms with E-state index in [1.165, 1.54) is 55.2 Å². The molecule has 0 unspecified atom stereocenters. The summed E-state index contributed by atoms with van der Waals surface area (Å²) in [5, 5.41) is 0. The first-order valence-corrected chi connectivity index (χ1v) is 12.4. The zero-order valence-electron chi connectivity index (χ0n) is 22.3. The van der Waals surface area contributed by atoms with Gasteiger partial charge < -0.3 is 21.1 Å². The van der Waals surface area contributed by atoms with Gasteiger partial charge in [-0.15, -0.1) is 49.6 Å². The fourth-order valence-electron chi connectivity index (χ4n) is 4.41. The summed E-state index contributed by atoms with van der Waals surface area (Å²) in [6, 6.07) is 13.0. The third-order valence-corrected chi connectivity index (χ3v) is 6.20. The molecule has 36 heavy (non-hydrogen) atoms. The number of halogens is 4. The Morgan fingerprint density at radius 1 is 0.722 bits per heavy atom. The van der Waals surface area contributed by atoms with Crippen LogP contribution in [0.25, 0.3) is 0 Å². The van der Waals surface area contributed by atoms with Crippen LogP contribution in [0.4, 0.5) is 0 Å². The van der Waals surface area contributed by atoms with Crippen molar-refractivity contribution in [2.45, 2.75) is 77.8 Å². The van der Waals surface area contributed by atoms with E-state index in [1.807, 2.05) is 0 Å². The summed E-state index contributed by atoms with van der Waals surface area (Å²) in [6.45, 7) is 4.98. The van der Waals surface area contributed by atoms with Gasteiger partial charge in [-0.3, -0.25) is 0 Å². The van der Waals surface area contributed by atoms with Gasteiger partial charge in [-0.05, 0) is 76.4 Å².